The first kappa shape index (κ1) is 35.8. The Morgan fingerprint density at radius 2 is 1.38 bits per heavy atom. The van der Waals surface area contributed by atoms with E-state index in [2.05, 4.69) is 74.5 Å². The Morgan fingerprint density at radius 3 is 1.93 bits per heavy atom. The highest BCUT2D eigenvalue weighted by Crippen LogP contribution is 2.27. The number of carbonyl (C=O) groups is 1. The van der Waals surface area contributed by atoms with Crippen molar-refractivity contribution >= 4 is 17.8 Å². The average molecular weight is 640 g/mol. The molecule has 1 heterocycles. The molecule has 1 N–H and O–H groups in total. The molecule has 0 spiro atoms. The molecule has 1 aliphatic rings. The van der Waals surface area contributed by atoms with E-state index in [1.165, 1.54) is 81.8 Å². The van der Waals surface area contributed by atoms with Gasteiger partial charge in [-0.25, -0.2) is 4.99 Å². The Bertz CT molecular complexity index is 1090. The van der Waals surface area contributed by atoms with Crippen LogP contribution in [0.3, 0.4) is 0 Å². The maximum atomic E-state index is 12.5. The molecular weight excluding hydrogens is 584 g/mol. The molecule has 0 bridgehead atoms. The van der Waals surface area contributed by atoms with Crippen LogP contribution in [0.4, 0.5) is 5.69 Å². The van der Waals surface area contributed by atoms with E-state index in [1.54, 1.807) is 6.92 Å². The van der Waals surface area contributed by atoms with Crippen LogP contribution in [0.15, 0.2) is 60.2 Å². The second-order valence-electron chi connectivity index (χ2n) is 12.4. The van der Waals surface area contributed by atoms with Gasteiger partial charge in [0.05, 0.1) is 13.2 Å². The van der Waals surface area contributed by atoms with Crippen molar-refractivity contribution < 1.29 is 31.5 Å². The number of allylic oxidation sites excluding steroid dienone is 1. The predicted octanol–water partition coefficient (Wildman–Crippen LogP) is 4.98. The maximum Gasteiger partial charge on any atom is 0.224 e. The zero-order valence-electron chi connectivity index (χ0n) is 26.7. The quantitative estimate of drug-likeness (QED) is 0.221. The largest absolute Gasteiger partial charge is 1.00 e. The van der Waals surface area contributed by atoms with Crippen molar-refractivity contribution in [3.63, 3.8) is 0 Å². The monoisotopic (exact) mass is 638 g/mol. The van der Waals surface area contributed by atoms with Crippen molar-refractivity contribution in [3.8, 4) is 5.75 Å². The van der Waals surface area contributed by atoms with E-state index in [4.69, 9.17) is 4.74 Å². The summed E-state index contributed by atoms with van der Waals surface area (Å²) in [6.07, 6.45) is 21.6. The van der Waals surface area contributed by atoms with Gasteiger partial charge >= 0.3 is 0 Å². The van der Waals surface area contributed by atoms with E-state index in [1.807, 2.05) is 17.0 Å². The Morgan fingerprint density at radius 1 is 0.833 bits per heavy atom. The van der Waals surface area contributed by atoms with Crippen molar-refractivity contribution in [2.24, 2.45) is 5.41 Å². The molecule has 1 atom stereocenters. The van der Waals surface area contributed by atoms with E-state index in [9.17, 15) is 4.79 Å². The summed E-state index contributed by atoms with van der Waals surface area (Å²) in [5.74, 6) is 0.950. The van der Waals surface area contributed by atoms with E-state index < -0.39 is 0 Å². The molecule has 42 heavy (non-hydrogen) atoms. The lowest BCUT2D eigenvalue weighted by atomic mass is 9.81. The first-order valence-electron chi connectivity index (χ1n) is 16.2. The Labute approximate surface area is 266 Å². The molecule has 4 nitrogen and oxygen atoms in total. The fraction of sp³-hybridized carbons (Fsp3) is 0.568. The number of amides is 1. The van der Waals surface area contributed by atoms with E-state index in [0.29, 0.717) is 6.54 Å². The van der Waals surface area contributed by atoms with Crippen LogP contribution in [0.5, 0.6) is 5.75 Å². The molecule has 0 aromatic heterocycles. The molecule has 232 valence electrons. The summed E-state index contributed by atoms with van der Waals surface area (Å²) in [4.78, 5) is 17.8. The third-order valence-corrected chi connectivity index (χ3v) is 8.18. The molecule has 1 unspecified atom stereocenters. The molecule has 0 aliphatic carbocycles. The van der Waals surface area contributed by atoms with Crippen LogP contribution in [0.1, 0.15) is 116 Å². The van der Waals surface area contributed by atoms with Gasteiger partial charge in [0.15, 0.2) is 6.21 Å². The summed E-state index contributed by atoms with van der Waals surface area (Å²) in [5.41, 5.74) is 4.68. The molecular formula is C37H55BrN2O2. The van der Waals surface area contributed by atoms with Gasteiger partial charge in [-0.05, 0) is 62.1 Å². The molecule has 0 saturated heterocycles. The zero-order valence-corrected chi connectivity index (χ0v) is 28.3. The van der Waals surface area contributed by atoms with Crippen LogP contribution in [0.2, 0.25) is 0 Å². The lowest BCUT2D eigenvalue weighted by molar-refractivity contribution is -0.469. The van der Waals surface area contributed by atoms with Crippen LogP contribution < -0.4 is 31.6 Å². The SMILES string of the molecule is CCCCCCCCCCCCCCOc1ccc(CN(C(C)=O)c2ccc(CC3(C)C=C(C)C=[NH+]C3)cc2)cc1.[Br-]. The normalized spacial score (nSPS) is 16.0. The number of unbranched alkanes of at least 4 members (excludes halogenated alkanes) is 11. The third-order valence-electron chi connectivity index (χ3n) is 8.18. The number of hydrogen-bond acceptors (Lipinski definition) is 2. The van der Waals surface area contributed by atoms with Gasteiger partial charge in [-0.15, -0.1) is 0 Å². The minimum absolute atomic E-state index is 0. The van der Waals surface area contributed by atoms with Crippen LogP contribution in [0.25, 0.3) is 0 Å². The Hall–Kier alpha value is -2.40. The number of halogens is 1. The summed E-state index contributed by atoms with van der Waals surface area (Å²) in [6, 6.07) is 16.7. The zero-order chi connectivity index (χ0) is 29.3. The number of nitrogens with zero attached hydrogens (tertiary/aromatic N) is 1. The maximum absolute atomic E-state index is 12.5. The molecule has 3 rings (SSSR count). The second kappa shape index (κ2) is 19.7. The summed E-state index contributed by atoms with van der Waals surface area (Å²) in [5, 5.41) is 0. The number of ether oxygens (including phenoxy) is 1. The number of nitrogens with one attached hydrogen (secondary N) is 1. The van der Waals surface area contributed by atoms with Gasteiger partial charge in [0, 0.05) is 23.6 Å². The number of hydrogen-bond donors (Lipinski definition) is 1. The predicted molar refractivity (Wildman–Crippen MR) is 174 cm³/mol. The van der Waals surface area contributed by atoms with Gasteiger partial charge in [0.1, 0.15) is 12.3 Å². The van der Waals surface area contributed by atoms with E-state index in [-0.39, 0.29) is 28.3 Å². The first-order chi connectivity index (χ1) is 19.9. The number of benzene rings is 2. The van der Waals surface area contributed by atoms with Gasteiger partial charge in [0.25, 0.3) is 0 Å². The highest BCUT2D eigenvalue weighted by Gasteiger charge is 2.27. The smallest absolute Gasteiger partial charge is 0.224 e. The fourth-order valence-electron chi connectivity index (χ4n) is 5.85. The number of carbonyl (C=O) groups excluding carboxylic acids is 1. The molecule has 1 aliphatic heterocycles. The lowest BCUT2D eigenvalue weighted by Gasteiger charge is -2.25. The minimum Gasteiger partial charge on any atom is -1.00 e. The van der Waals surface area contributed by atoms with Crippen molar-refractivity contribution in [2.75, 3.05) is 18.1 Å². The van der Waals surface area contributed by atoms with Crippen LogP contribution >= 0.6 is 0 Å². The topological polar surface area (TPSA) is 43.5 Å². The summed E-state index contributed by atoms with van der Waals surface area (Å²) in [6.45, 7) is 10.6. The molecule has 0 radical (unpaired) electrons. The second-order valence-corrected chi connectivity index (χ2v) is 12.4. The van der Waals surface area contributed by atoms with E-state index in [0.717, 1.165) is 43.0 Å². The van der Waals surface area contributed by atoms with Crippen molar-refractivity contribution in [2.45, 2.75) is 118 Å². The summed E-state index contributed by atoms with van der Waals surface area (Å²) >= 11 is 0. The Kier molecular flexibility index (Phi) is 16.8. The number of rotatable bonds is 19. The molecule has 2 aromatic rings. The summed E-state index contributed by atoms with van der Waals surface area (Å²) < 4.78 is 5.99. The highest BCUT2D eigenvalue weighted by molar-refractivity contribution is 5.91. The lowest BCUT2D eigenvalue weighted by Crippen LogP contribution is -3.00. The van der Waals surface area contributed by atoms with Gasteiger partial charge in [-0.2, -0.15) is 0 Å². The first-order valence-corrected chi connectivity index (χ1v) is 16.2. The van der Waals surface area contributed by atoms with E-state index >= 15 is 0 Å². The fourth-order valence-corrected chi connectivity index (χ4v) is 5.85. The standard InChI is InChI=1S/C37H54N2O2.BrH/c1-5-6-7-8-9-10-11-12-13-14-15-16-25-41-36-23-19-34(20-24-36)29-39(32(3)40)35-21-17-33(18-22-35)27-37(4)26-31(2)28-38-30-37;/h17-24,26,28H,5-16,25,27,29-30H2,1-4H3;1H. The third kappa shape index (κ3) is 13.3. The molecule has 5 heteroatoms. The van der Waals surface area contributed by atoms with Crippen LogP contribution in [-0.4, -0.2) is 25.3 Å². The molecule has 1 amide bonds. The van der Waals surface area contributed by atoms with Gasteiger partial charge in [-0.3, -0.25) is 4.79 Å². The minimum atomic E-state index is 0. The van der Waals surface area contributed by atoms with Gasteiger partial charge < -0.3 is 26.6 Å². The molecule has 0 fully saturated rings. The molecule has 0 saturated carbocycles. The number of anilines is 1. The molecule has 2 aromatic carbocycles. The van der Waals surface area contributed by atoms with Crippen LogP contribution in [0, 0.1) is 5.41 Å². The van der Waals surface area contributed by atoms with Crippen molar-refractivity contribution in [3.05, 3.63) is 71.3 Å². The summed E-state index contributed by atoms with van der Waals surface area (Å²) in [7, 11) is 0. The van der Waals surface area contributed by atoms with Crippen LogP contribution in [-0.2, 0) is 17.8 Å². The van der Waals surface area contributed by atoms with Gasteiger partial charge in [0.2, 0.25) is 5.91 Å². The van der Waals surface area contributed by atoms with Crippen molar-refractivity contribution in [1.29, 1.82) is 0 Å². The van der Waals surface area contributed by atoms with Crippen molar-refractivity contribution in [1.82, 2.24) is 0 Å². The average Bonchev–Trinajstić information content (AvgIpc) is 2.95. The van der Waals surface area contributed by atoms with Gasteiger partial charge in [-0.1, -0.05) is 108 Å². The Balaban J connectivity index is 0.00000616. The highest BCUT2D eigenvalue weighted by atomic mass is 79.9.